The maximum Gasteiger partial charge on any atom is 0.141 e. The van der Waals surface area contributed by atoms with Gasteiger partial charge >= 0.3 is 0 Å². The summed E-state index contributed by atoms with van der Waals surface area (Å²) < 4.78 is 1.26. The van der Waals surface area contributed by atoms with Crippen molar-refractivity contribution in [1.82, 2.24) is 15.3 Å². The van der Waals surface area contributed by atoms with Crippen LogP contribution in [0, 0.1) is 0 Å². The molecule has 3 nitrogen and oxygen atoms in total. The van der Waals surface area contributed by atoms with Crippen LogP contribution in [0.5, 0.6) is 0 Å². The molecule has 1 heterocycles. The zero-order chi connectivity index (χ0) is 10.1. The molecule has 0 aliphatic carbocycles. The third-order valence-corrected chi connectivity index (χ3v) is 2.65. The van der Waals surface area contributed by atoms with Crippen LogP contribution in [-0.4, -0.2) is 20.9 Å². The first kappa shape index (κ1) is 11.8. The van der Waals surface area contributed by atoms with Crippen LogP contribution in [0.4, 0.5) is 0 Å². The average molecular weight is 305 g/mol. The van der Waals surface area contributed by atoms with E-state index in [1.54, 1.807) is 12.4 Å². The van der Waals surface area contributed by atoms with Crippen molar-refractivity contribution in [3.8, 4) is 0 Å². The van der Waals surface area contributed by atoms with Crippen molar-refractivity contribution >= 4 is 22.6 Å². The fourth-order valence-corrected chi connectivity index (χ4v) is 1.68. The van der Waals surface area contributed by atoms with Crippen LogP contribution in [0.2, 0.25) is 0 Å². The molecule has 0 radical (unpaired) electrons. The van der Waals surface area contributed by atoms with Crippen LogP contribution in [0.3, 0.4) is 0 Å². The lowest BCUT2D eigenvalue weighted by atomic mass is 10.2. The lowest BCUT2D eigenvalue weighted by Gasteiger charge is -2.02. The smallest absolute Gasteiger partial charge is 0.141 e. The number of hydrogen-bond donors (Lipinski definition) is 1. The third kappa shape index (κ3) is 5.49. The molecule has 0 saturated heterocycles. The summed E-state index contributed by atoms with van der Waals surface area (Å²) in [6.45, 7) is 1.85. The van der Waals surface area contributed by atoms with Crippen LogP contribution < -0.4 is 5.32 Å². The van der Waals surface area contributed by atoms with Gasteiger partial charge in [-0.25, -0.2) is 9.97 Å². The molecule has 0 aromatic carbocycles. The second-order valence-corrected chi connectivity index (χ2v) is 4.17. The minimum absolute atomic E-state index is 0.783. The lowest BCUT2D eigenvalue weighted by molar-refractivity contribution is 0.605. The van der Waals surface area contributed by atoms with Gasteiger partial charge in [-0.15, -0.1) is 0 Å². The summed E-state index contributed by atoms with van der Waals surface area (Å²) in [4.78, 5) is 8.28. The minimum Gasteiger partial charge on any atom is -0.310 e. The Bertz CT molecular complexity index is 228. The van der Waals surface area contributed by atoms with E-state index in [2.05, 4.69) is 37.9 Å². The fourth-order valence-electron chi connectivity index (χ4n) is 1.14. The number of nitrogens with zero attached hydrogens (tertiary/aromatic N) is 2. The van der Waals surface area contributed by atoms with Gasteiger partial charge in [-0.1, -0.05) is 29.0 Å². The van der Waals surface area contributed by atoms with E-state index in [4.69, 9.17) is 0 Å². The monoisotopic (exact) mass is 305 g/mol. The van der Waals surface area contributed by atoms with E-state index in [0.29, 0.717) is 0 Å². The summed E-state index contributed by atoms with van der Waals surface area (Å²) >= 11 is 2.42. The highest BCUT2D eigenvalue weighted by molar-refractivity contribution is 14.1. The zero-order valence-corrected chi connectivity index (χ0v) is 10.4. The van der Waals surface area contributed by atoms with E-state index >= 15 is 0 Å². The van der Waals surface area contributed by atoms with Gasteiger partial charge in [0, 0.05) is 12.4 Å². The first-order chi connectivity index (χ1) is 6.93. The minimum atomic E-state index is 0.783. The van der Waals surface area contributed by atoms with Crippen LogP contribution in [-0.2, 0) is 6.54 Å². The summed E-state index contributed by atoms with van der Waals surface area (Å²) in [7, 11) is 0. The highest BCUT2D eigenvalue weighted by Crippen LogP contribution is 1.97. The summed E-state index contributed by atoms with van der Waals surface area (Å²) in [5.74, 6) is 0.876. The van der Waals surface area contributed by atoms with Gasteiger partial charge in [0.25, 0.3) is 0 Å². The van der Waals surface area contributed by atoms with E-state index in [9.17, 15) is 0 Å². The van der Waals surface area contributed by atoms with E-state index < -0.39 is 0 Å². The summed E-state index contributed by atoms with van der Waals surface area (Å²) in [5.41, 5.74) is 0. The predicted octanol–water partition coefficient (Wildman–Crippen LogP) is 2.17. The van der Waals surface area contributed by atoms with Crippen molar-refractivity contribution in [3.05, 3.63) is 24.3 Å². The van der Waals surface area contributed by atoms with E-state index in [1.165, 1.54) is 23.7 Å². The number of rotatable bonds is 7. The molecule has 1 N–H and O–H groups in total. The normalized spacial score (nSPS) is 10.4. The van der Waals surface area contributed by atoms with Crippen molar-refractivity contribution in [3.63, 3.8) is 0 Å². The second-order valence-electron chi connectivity index (χ2n) is 3.09. The first-order valence-electron chi connectivity index (χ1n) is 4.96. The van der Waals surface area contributed by atoms with Crippen molar-refractivity contribution in [2.24, 2.45) is 0 Å². The standard InChI is InChI=1S/C10H16IN3/c11-5-2-1-3-6-12-9-10-13-7-4-8-14-10/h4,7-8,12H,1-3,5-6,9H2. The van der Waals surface area contributed by atoms with Gasteiger partial charge in [0.05, 0.1) is 6.54 Å². The third-order valence-electron chi connectivity index (χ3n) is 1.89. The molecule has 0 amide bonds. The van der Waals surface area contributed by atoms with E-state index in [0.717, 1.165) is 18.9 Å². The zero-order valence-electron chi connectivity index (χ0n) is 8.25. The molecule has 0 aliphatic rings. The molecule has 0 spiro atoms. The molecule has 1 rings (SSSR count). The quantitative estimate of drug-likeness (QED) is 0.477. The maximum atomic E-state index is 4.14. The number of nitrogens with one attached hydrogen (secondary N) is 1. The predicted molar refractivity (Wildman–Crippen MR) is 66.5 cm³/mol. The second kappa shape index (κ2) is 8.11. The molecule has 0 fully saturated rings. The number of halogens is 1. The molecular formula is C10H16IN3. The molecule has 0 bridgehead atoms. The Labute approximate surface area is 98.9 Å². The summed E-state index contributed by atoms with van der Waals surface area (Å²) in [6.07, 6.45) is 7.44. The van der Waals surface area contributed by atoms with Crippen LogP contribution in [0.1, 0.15) is 25.1 Å². The van der Waals surface area contributed by atoms with Gasteiger partial charge in [0.1, 0.15) is 5.82 Å². The van der Waals surface area contributed by atoms with Crippen LogP contribution >= 0.6 is 22.6 Å². The number of unbranched alkanes of at least 4 members (excludes halogenated alkanes) is 2. The van der Waals surface area contributed by atoms with Crippen molar-refractivity contribution in [1.29, 1.82) is 0 Å². The average Bonchev–Trinajstić information content (AvgIpc) is 2.25. The molecule has 1 aromatic rings. The largest absolute Gasteiger partial charge is 0.310 e. The summed E-state index contributed by atoms with van der Waals surface area (Å²) in [6, 6.07) is 1.84. The number of alkyl halides is 1. The van der Waals surface area contributed by atoms with Gasteiger partial charge in [0.2, 0.25) is 0 Å². The van der Waals surface area contributed by atoms with Gasteiger partial charge in [0.15, 0.2) is 0 Å². The van der Waals surface area contributed by atoms with E-state index in [1.807, 2.05) is 6.07 Å². The SMILES string of the molecule is ICCCCCNCc1ncccn1. The van der Waals surface area contributed by atoms with Crippen LogP contribution in [0.15, 0.2) is 18.5 Å². The van der Waals surface area contributed by atoms with Crippen LogP contribution in [0.25, 0.3) is 0 Å². The van der Waals surface area contributed by atoms with Crippen molar-refractivity contribution in [2.75, 3.05) is 11.0 Å². The Morgan fingerprint density at radius 1 is 1.14 bits per heavy atom. The maximum absolute atomic E-state index is 4.14. The molecule has 4 heteroatoms. The molecule has 0 saturated carbocycles. The van der Waals surface area contributed by atoms with Crippen molar-refractivity contribution in [2.45, 2.75) is 25.8 Å². The van der Waals surface area contributed by atoms with Gasteiger partial charge in [-0.2, -0.15) is 0 Å². The molecular weight excluding hydrogens is 289 g/mol. The number of hydrogen-bond acceptors (Lipinski definition) is 3. The topological polar surface area (TPSA) is 37.8 Å². The molecule has 78 valence electrons. The molecule has 0 aliphatic heterocycles. The Morgan fingerprint density at radius 2 is 1.93 bits per heavy atom. The highest BCUT2D eigenvalue weighted by Gasteiger charge is 1.93. The number of aromatic nitrogens is 2. The first-order valence-corrected chi connectivity index (χ1v) is 6.48. The fraction of sp³-hybridized carbons (Fsp3) is 0.600. The Morgan fingerprint density at radius 3 is 2.64 bits per heavy atom. The molecule has 1 aromatic heterocycles. The lowest BCUT2D eigenvalue weighted by Crippen LogP contribution is -2.16. The Kier molecular flexibility index (Phi) is 6.86. The molecule has 0 atom stereocenters. The van der Waals surface area contributed by atoms with Crippen molar-refractivity contribution < 1.29 is 0 Å². The summed E-state index contributed by atoms with van der Waals surface area (Å²) in [5, 5.41) is 3.33. The molecule has 0 unspecified atom stereocenters. The van der Waals surface area contributed by atoms with E-state index in [-0.39, 0.29) is 0 Å². The highest BCUT2D eigenvalue weighted by atomic mass is 127. The van der Waals surface area contributed by atoms with Gasteiger partial charge in [-0.05, 0) is 29.9 Å². The Balaban J connectivity index is 1.99. The molecule has 14 heavy (non-hydrogen) atoms. The van der Waals surface area contributed by atoms with Gasteiger partial charge in [-0.3, -0.25) is 0 Å². The van der Waals surface area contributed by atoms with Gasteiger partial charge < -0.3 is 5.32 Å². The Hall–Kier alpha value is -0.230.